The fraction of sp³-hybridized carbons (Fsp3) is 0. The van der Waals surface area contributed by atoms with E-state index in [1.54, 1.807) is 0 Å². The van der Waals surface area contributed by atoms with Gasteiger partial charge in [-0.25, -0.2) is 0 Å². The Balaban J connectivity index is 2.27. The molecular formula is C12H8Br3N. The summed E-state index contributed by atoms with van der Waals surface area (Å²) in [6.45, 7) is 0. The molecule has 0 unspecified atom stereocenters. The summed E-state index contributed by atoms with van der Waals surface area (Å²) in [6.07, 6.45) is 0. The van der Waals surface area contributed by atoms with Crippen molar-refractivity contribution < 1.29 is 0 Å². The van der Waals surface area contributed by atoms with Crippen molar-refractivity contribution in [3.05, 3.63) is 55.9 Å². The van der Waals surface area contributed by atoms with Gasteiger partial charge in [0.2, 0.25) is 0 Å². The first-order chi connectivity index (χ1) is 7.63. The Morgan fingerprint density at radius 3 is 1.94 bits per heavy atom. The molecule has 1 nitrogen and oxygen atoms in total. The van der Waals surface area contributed by atoms with Crippen LogP contribution in [-0.2, 0) is 0 Å². The van der Waals surface area contributed by atoms with Crippen molar-refractivity contribution in [2.45, 2.75) is 0 Å². The summed E-state index contributed by atoms with van der Waals surface area (Å²) < 4.78 is 3.14. The lowest BCUT2D eigenvalue weighted by atomic mass is 10.3. The van der Waals surface area contributed by atoms with Crippen LogP contribution in [0.1, 0.15) is 0 Å². The van der Waals surface area contributed by atoms with E-state index in [1.165, 1.54) is 0 Å². The number of hydrogen-bond acceptors (Lipinski definition) is 1. The molecule has 0 spiro atoms. The predicted octanol–water partition coefficient (Wildman–Crippen LogP) is 5.72. The van der Waals surface area contributed by atoms with Crippen molar-refractivity contribution in [1.29, 1.82) is 0 Å². The van der Waals surface area contributed by atoms with Crippen LogP contribution in [0.5, 0.6) is 0 Å². The van der Waals surface area contributed by atoms with Gasteiger partial charge in [-0.2, -0.15) is 0 Å². The summed E-state index contributed by atoms with van der Waals surface area (Å²) in [4.78, 5) is 0. The molecule has 0 aliphatic carbocycles. The molecular weight excluding hydrogens is 398 g/mol. The van der Waals surface area contributed by atoms with Crippen LogP contribution in [0.2, 0.25) is 0 Å². The number of rotatable bonds is 2. The number of halogens is 3. The minimum Gasteiger partial charge on any atom is -0.355 e. The Morgan fingerprint density at radius 2 is 1.31 bits per heavy atom. The molecule has 0 aromatic heterocycles. The molecule has 2 rings (SSSR count). The molecule has 0 heterocycles. The number of hydrogen-bond donors (Lipinski definition) is 1. The van der Waals surface area contributed by atoms with Crippen LogP contribution >= 0.6 is 47.8 Å². The monoisotopic (exact) mass is 403 g/mol. The summed E-state index contributed by atoms with van der Waals surface area (Å²) in [5, 5.41) is 3.34. The lowest BCUT2D eigenvalue weighted by Crippen LogP contribution is -1.89. The molecule has 0 saturated carbocycles. The number of benzene rings is 2. The lowest BCUT2D eigenvalue weighted by molar-refractivity contribution is 1.50. The first-order valence-electron chi connectivity index (χ1n) is 4.62. The maximum absolute atomic E-state index is 3.46. The van der Waals surface area contributed by atoms with E-state index in [2.05, 4.69) is 53.1 Å². The molecule has 0 amide bonds. The molecule has 1 N–H and O–H groups in total. The van der Waals surface area contributed by atoms with Gasteiger partial charge in [0.25, 0.3) is 0 Å². The zero-order valence-electron chi connectivity index (χ0n) is 8.18. The maximum Gasteiger partial charge on any atom is 0.0406 e. The van der Waals surface area contributed by atoms with Gasteiger partial charge in [-0.3, -0.25) is 0 Å². The highest BCUT2D eigenvalue weighted by atomic mass is 79.9. The highest BCUT2D eigenvalue weighted by Gasteiger charge is 1.98. The summed E-state index contributed by atoms with van der Waals surface area (Å²) in [6, 6.07) is 14.1. The Morgan fingerprint density at radius 1 is 0.688 bits per heavy atom. The smallest absolute Gasteiger partial charge is 0.0406 e. The molecule has 0 saturated heterocycles. The summed E-state index contributed by atoms with van der Waals surface area (Å²) >= 11 is 10.4. The van der Waals surface area contributed by atoms with Crippen LogP contribution in [0.4, 0.5) is 11.4 Å². The topological polar surface area (TPSA) is 12.0 Å². The summed E-state index contributed by atoms with van der Waals surface area (Å²) in [7, 11) is 0. The molecule has 0 fully saturated rings. The van der Waals surface area contributed by atoms with Gasteiger partial charge in [0.1, 0.15) is 0 Å². The molecule has 16 heavy (non-hydrogen) atoms. The largest absolute Gasteiger partial charge is 0.355 e. The average molecular weight is 406 g/mol. The van der Waals surface area contributed by atoms with Gasteiger partial charge in [-0.1, -0.05) is 53.9 Å². The predicted molar refractivity (Wildman–Crippen MR) is 79.3 cm³/mol. The third kappa shape index (κ3) is 3.34. The standard InChI is InChI=1S/C12H8Br3N/c13-8-2-1-3-11(5-8)16-12-6-9(14)4-10(15)7-12/h1-7,16H. The molecule has 0 atom stereocenters. The second kappa shape index (κ2) is 5.34. The first kappa shape index (κ1) is 12.1. The quantitative estimate of drug-likeness (QED) is 0.674. The van der Waals surface area contributed by atoms with Crippen molar-refractivity contribution >= 4 is 59.2 Å². The lowest BCUT2D eigenvalue weighted by Gasteiger charge is -2.07. The van der Waals surface area contributed by atoms with Gasteiger partial charge in [0.15, 0.2) is 0 Å². The van der Waals surface area contributed by atoms with Gasteiger partial charge in [0.05, 0.1) is 0 Å². The average Bonchev–Trinajstić information content (AvgIpc) is 2.15. The normalized spacial score (nSPS) is 10.2. The molecule has 2 aromatic rings. The van der Waals surface area contributed by atoms with Crippen molar-refractivity contribution in [3.63, 3.8) is 0 Å². The van der Waals surface area contributed by atoms with E-state index in [9.17, 15) is 0 Å². The summed E-state index contributed by atoms with van der Waals surface area (Å²) in [5.74, 6) is 0. The van der Waals surface area contributed by atoms with Crippen molar-refractivity contribution in [2.24, 2.45) is 0 Å². The minimum absolute atomic E-state index is 1.04. The van der Waals surface area contributed by atoms with E-state index >= 15 is 0 Å². The third-order valence-corrected chi connectivity index (χ3v) is 3.38. The maximum atomic E-state index is 3.46. The zero-order chi connectivity index (χ0) is 11.5. The van der Waals surface area contributed by atoms with Crippen molar-refractivity contribution in [2.75, 3.05) is 5.32 Å². The zero-order valence-corrected chi connectivity index (χ0v) is 12.9. The van der Waals surface area contributed by atoms with Crippen molar-refractivity contribution in [1.82, 2.24) is 0 Å². The third-order valence-electron chi connectivity index (χ3n) is 1.98. The molecule has 0 radical (unpaired) electrons. The minimum atomic E-state index is 1.04. The van der Waals surface area contributed by atoms with Crippen LogP contribution in [0.15, 0.2) is 55.9 Å². The van der Waals surface area contributed by atoms with Gasteiger partial charge >= 0.3 is 0 Å². The van der Waals surface area contributed by atoms with Gasteiger partial charge in [-0.05, 0) is 36.4 Å². The van der Waals surface area contributed by atoms with E-state index in [1.807, 2.05) is 42.5 Å². The SMILES string of the molecule is Brc1cccc(Nc2cc(Br)cc(Br)c2)c1. The number of anilines is 2. The highest BCUT2D eigenvalue weighted by molar-refractivity contribution is 9.11. The fourth-order valence-corrected chi connectivity index (χ4v) is 3.05. The van der Waals surface area contributed by atoms with E-state index in [0.717, 1.165) is 24.8 Å². The Labute approximate surface area is 120 Å². The van der Waals surface area contributed by atoms with Crippen LogP contribution < -0.4 is 5.32 Å². The molecule has 82 valence electrons. The second-order valence-electron chi connectivity index (χ2n) is 3.29. The molecule has 0 bridgehead atoms. The first-order valence-corrected chi connectivity index (χ1v) is 7.00. The summed E-state index contributed by atoms with van der Waals surface area (Å²) in [5.41, 5.74) is 2.10. The van der Waals surface area contributed by atoms with Crippen LogP contribution in [0.3, 0.4) is 0 Å². The molecule has 0 aliphatic rings. The van der Waals surface area contributed by atoms with Crippen LogP contribution in [-0.4, -0.2) is 0 Å². The Kier molecular flexibility index (Phi) is 4.05. The van der Waals surface area contributed by atoms with Gasteiger partial charge in [0, 0.05) is 24.8 Å². The van der Waals surface area contributed by atoms with Gasteiger partial charge < -0.3 is 5.32 Å². The van der Waals surface area contributed by atoms with E-state index in [-0.39, 0.29) is 0 Å². The fourth-order valence-electron chi connectivity index (χ4n) is 1.36. The van der Waals surface area contributed by atoms with Crippen LogP contribution in [0, 0.1) is 0 Å². The van der Waals surface area contributed by atoms with Gasteiger partial charge in [-0.15, -0.1) is 0 Å². The molecule has 0 aliphatic heterocycles. The van der Waals surface area contributed by atoms with Crippen LogP contribution in [0.25, 0.3) is 0 Å². The second-order valence-corrected chi connectivity index (χ2v) is 6.04. The highest BCUT2D eigenvalue weighted by Crippen LogP contribution is 2.26. The number of nitrogens with one attached hydrogen (secondary N) is 1. The molecule has 2 aromatic carbocycles. The Bertz CT molecular complexity index is 491. The molecule has 4 heteroatoms. The Hall–Kier alpha value is -0.320. The van der Waals surface area contributed by atoms with Crippen molar-refractivity contribution in [3.8, 4) is 0 Å². The van der Waals surface area contributed by atoms with E-state index < -0.39 is 0 Å². The van der Waals surface area contributed by atoms with E-state index in [4.69, 9.17) is 0 Å². The van der Waals surface area contributed by atoms with E-state index in [0.29, 0.717) is 0 Å².